The molecule has 3 atom stereocenters. The normalized spacial score (nSPS) is 19.3. The van der Waals surface area contributed by atoms with E-state index in [1.54, 1.807) is 30.6 Å². The molecule has 2 heterocycles. The molecular formula is C27H29N3O6S. The third kappa shape index (κ3) is 8.09. The molecule has 0 bridgehead atoms. The van der Waals surface area contributed by atoms with Crippen LogP contribution in [0.25, 0.3) is 0 Å². The summed E-state index contributed by atoms with van der Waals surface area (Å²) in [5.74, 6) is -0.495. The quantitative estimate of drug-likeness (QED) is 0.246. The van der Waals surface area contributed by atoms with Gasteiger partial charge in [0.2, 0.25) is 5.91 Å². The summed E-state index contributed by atoms with van der Waals surface area (Å²) < 4.78 is 12.6. The van der Waals surface area contributed by atoms with Gasteiger partial charge >= 0.3 is 5.97 Å². The van der Waals surface area contributed by atoms with Gasteiger partial charge in [0.1, 0.15) is 0 Å². The van der Waals surface area contributed by atoms with Crippen LogP contribution in [0.15, 0.2) is 72.1 Å². The summed E-state index contributed by atoms with van der Waals surface area (Å²) in [6, 6.07) is 16.7. The molecule has 194 valence electrons. The maximum atomic E-state index is 12.1. The number of hydrogen-bond acceptors (Lipinski definition) is 8. The molecule has 2 aromatic carbocycles. The van der Waals surface area contributed by atoms with Crippen molar-refractivity contribution in [2.45, 2.75) is 55.9 Å². The van der Waals surface area contributed by atoms with Gasteiger partial charge in [0.05, 0.1) is 18.8 Å². The average Bonchev–Trinajstić information content (AvgIpc) is 2.92. The van der Waals surface area contributed by atoms with Gasteiger partial charge in [-0.05, 0) is 35.7 Å². The molecule has 0 radical (unpaired) electrons. The first-order valence-corrected chi connectivity index (χ1v) is 13.0. The van der Waals surface area contributed by atoms with Crippen LogP contribution >= 0.6 is 11.8 Å². The highest BCUT2D eigenvalue weighted by molar-refractivity contribution is 7.99. The number of hydrogen-bond donors (Lipinski definition) is 3. The minimum absolute atomic E-state index is 0.0175. The number of carbonyl (C=O) groups is 2. The molecule has 10 heteroatoms. The molecule has 3 aromatic rings. The molecule has 3 N–H and O–H groups in total. The van der Waals surface area contributed by atoms with E-state index in [2.05, 4.69) is 15.3 Å². The van der Waals surface area contributed by atoms with Crippen LogP contribution in [0.3, 0.4) is 0 Å². The lowest BCUT2D eigenvalue weighted by Gasteiger charge is -2.36. The molecule has 0 unspecified atom stereocenters. The number of thioether (sulfide) groups is 1. The predicted octanol–water partition coefficient (Wildman–Crippen LogP) is 4.50. The number of anilines is 1. The van der Waals surface area contributed by atoms with Crippen LogP contribution in [-0.4, -0.2) is 43.9 Å². The first kappa shape index (κ1) is 26.7. The number of rotatable bonds is 11. The number of aromatic nitrogens is 2. The molecule has 37 heavy (non-hydrogen) atoms. The Hall–Kier alpha value is -3.31. The Morgan fingerprint density at radius 1 is 0.973 bits per heavy atom. The second-order valence-electron chi connectivity index (χ2n) is 8.61. The van der Waals surface area contributed by atoms with Gasteiger partial charge in [0.15, 0.2) is 11.4 Å². The molecule has 1 aromatic heterocycles. The van der Waals surface area contributed by atoms with Crippen molar-refractivity contribution in [3.05, 3.63) is 83.7 Å². The van der Waals surface area contributed by atoms with Gasteiger partial charge < -0.3 is 25.0 Å². The standard InChI is InChI=1S/C27H29N3O6S/c31-16-18-5-7-19(8-6-18)23-15-22(17-37-27-28-13-2-14-29-27)35-26(36-23)20-9-11-21(12-10-20)30-24(32)3-1-4-25(33)34/h2,5-14,22-23,26,31H,1,3-4,15-17H2,(H,30,32)(H,33,34)/t22-,23+,26+/m1/s1. The van der Waals surface area contributed by atoms with Crippen LogP contribution in [-0.2, 0) is 25.7 Å². The number of aliphatic hydroxyl groups is 1. The van der Waals surface area contributed by atoms with Crippen molar-refractivity contribution in [3.8, 4) is 0 Å². The zero-order valence-corrected chi connectivity index (χ0v) is 21.0. The van der Waals surface area contributed by atoms with Gasteiger partial charge in [0.25, 0.3) is 0 Å². The van der Waals surface area contributed by atoms with E-state index in [0.717, 1.165) is 16.7 Å². The third-order valence-electron chi connectivity index (χ3n) is 5.82. The van der Waals surface area contributed by atoms with E-state index in [4.69, 9.17) is 14.6 Å². The average molecular weight is 524 g/mol. The number of carboxylic acid groups (broad SMARTS) is 1. The summed E-state index contributed by atoms with van der Waals surface area (Å²) in [6.45, 7) is -0.0175. The summed E-state index contributed by atoms with van der Waals surface area (Å²) >= 11 is 1.52. The van der Waals surface area contributed by atoms with E-state index >= 15 is 0 Å². The van der Waals surface area contributed by atoms with Gasteiger partial charge in [0, 0.05) is 48.7 Å². The van der Waals surface area contributed by atoms with Crippen LogP contribution in [0.5, 0.6) is 0 Å². The van der Waals surface area contributed by atoms with Crippen molar-refractivity contribution >= 4 is 29.3 Å². The van der Waals surface area contributed by atoms with Crippen LogP contribution in [0.4, 0.5) is 5.69 Å². The Morgan fingerprint density at radius 2 is 1.68 bits per heavy atom. The summed E-state index contributed by atoms with van der Waals surface area (Å²) in [7, 11) is 0. The zero-order chi connectivity index (χ0) is 26.0. The Balaban J connectivity index is 1.43. The molecule has 1 aliphatic heterocycles. The maximum absolute atomic E-state index is 12.1. The fourth-order valence-electron chi connectivity index (χ4n) is 3.90. The van der Waals surface area contributed by atoms with Gasteiger partial charge in [-0.2, -0.15) is 0 Å². The summed E-state index contributed by atoms with van der Waals surface area (Å²) in [5, 5.41) is 21.6. The van der Waals surface area contributed by atoms with Crippen molar-refractivity contribution in [2.75, 3.05) is 11.1 Å². The van der Waals surface area contributed by atoms with Crippen LogP contribution in [0.2, 0.25) is 0 Å². The number of nitrogens with zero attached hydrogens (tertiary/aromatic N) is 2. The number of carbonyl (C=O) groups excluding carboxylic acids is 1. The number of ether oxygens (including phenoxy) is 2. The lowest BCUT2D eigenvalue weighted by Crippen LogP contribution is -2.31. The van der Waals surface area contributed by atoms with E-state index in [-0.39, 0.29) is 44.0 Å². The first-order valence-electron chi connectivity index (χ1n) is 12.0. The number of benzene rings is 2. The molecule has 1 aliphatic rings. The molecule has 0 aliphatic carbocycles. The smallest absolute Gasteiger partial charge is 0.303 e. The molecule has 1 saturated heterocycles. The Bertz CT molecular complexity index is 1160. The summed E-state index contributed by atoms with van der Waals surface area (Å²) in [6.07, 6.45) is 3.52. The van der Waals surface area contributed by atoms with Crippen molar-refractivity contribution in [1.29, 1.82) is 0 Å². The molecule has 1 amide bonds. The van der Waals surface area contributed by atoms with E-state index in [1.807, 2.05) is 36.4 Å². The molecule has 0 saturated carbocycles. The molecular weight excluding hydrogens is 494 g/mol. The van der Waals surface area contributed by atoms with Crippen molar-refractivity contribution in [3.63, 3.8) is 0 Å². The van der Waals surface area contributed by atoms with Crippen molar-refractivity contribution in [1.82, 2.24) is 9.97 Å². The highest BCUT2D eigenvalue weighted by Gasteiger charge is 2.32. The van der Waals surface area contributed by atoms with E-state index in [1.165, 1.54) is 11.8 Å². The number of amides is 1. The number of nitrogens with one attached hydrogen (secondary N) is 1. The van der Waals surface area contributed by atoms with Gasteiger partial charge in [-0.25, -0.2) is 9.97 Å². The van der Waals surface area contributed by atoms with Crippen molar-refractivity contribution < 1.29 is 29.3 Å². The highest BCUT2D eigenvalue weighted by atomic mass is 32.2. The largest absolute Gasteiger partial charge is 0.481 e. The maximum Gasteiger partial charge on any atom is 0.303 e. The SMILES string of the molecule is O=C(O)CCCC(=O)Nc1ccc([C@H]2O[C@@H](CSc3ncccn3)C[C@@H](c3ccc(CO)cc3)O2)cc1. The topological polar surface area (TPSA) is 131 Å². The monoisotopic (exact) mass is 523 g/mol. The molecule has 0 spiro atoms. The fourth-order valence-corrected chi connectivity index (χ4v) is 4.72. The predicted molar refractivity (Wildman–Crippen MR) is 138 cm³/mol. The van der Waals surface area contributed by atoms with Gasteiger partial charge in [-0.3, -0.25) is 9.59 Å². The van der Waals surface area contributed by atoms with Crippen LogP contribution in [0, 0.1) is 0 Å². The fraction of sp³-hybridized carbons (Fsp3) is 0.333. The van der Waals surface area contributed by atoms with Gasteiger partial charge in [-0.1, -0.05) is 48.2 Å². The van der Waals surface area contributed by atoms with Crippen LogP contribution in [0.1, 0.15) is 54.8 Å². The minimum atomic E-state index is -0.916. The summed E-state index contributed by atoms with van der Waals surface area (Å²) in [5.41, 5.74) is 3.26. The number of aliphatic hydroxyl groups excluding tert-OH is 1. The number of aliphatic carboxylic acids is 1. The Labute approximate surface area is 219 Å². The lowest BCUT2D eigenvalue weighted by molar-refractivity contribution is -0.245. The van der Waals surface area contributed by atoms with E-state index < -0.39 is 12.3 Å². The third-order valence-corrected chi connectivity index (χ3v) is 6.82. The Morgan fingerprint density at radius 3 is 2.35 bits per heavy atom. The molecule has 4 rings (SSSR count). The summed E-state index contributed by atoms with van der Waals surface area (Å²) in [4.78, 5) is 31.3. The van der Waals surface area contributed by atoms with E-state index in [9.17, 15) is 14.7 Å². The zero-order valence-electron chi connectivity index (χ0n) is 20.2. The van der Waals surface area contributed by atoms with Crippen LogP contribution < -0.4 is 5.32 Å². The Kier molecular flexibility index (Phi) is 9.61. The van der Waals surface area contributed by atoms with Crippen molar-refractivity contribution in [2.24, 2.45) is 0 Å². The number of carboxylic acids is 1. The first-order chi connectivity index (χ1) is 18.0. The lowest BCUT2D eigenvalue weighted by atomic mass is 10.0. The van der Waals surface area contributed by atoms with E-state index in [0.29, 0.717) is 23.0 Å². The minimum Gasteiger partial charge on any atom is -0.481 e. The molecule has 9 nitrogen and oxygen atoms in total. The second kappa shape index (κ2) is 13.3. The second-order valence-corrected chi connectivity index (χ2v) is 9.60. The highest BCUT2D eigenvalue weighted by Crippen LogP contribution is 2.39. The van der Waals surface area contributed by atoms with Gasteiger partial charge in [-0.15, -0.1) is 0 Å². The molecule has 1 fully saturated rings.